The molecule has 0 unspecified atom stereocenters. The summed E-state index contributed by atoms with van der Waals surface area (Å²) in [7, 11) is 1.81. The van der Waals surface area contributed by atoms with E-state index in [9.17, 15) is 4.79 Å². The van der Waals surface area contributed by atoms with Crippen LogP contribution in [0.2, 0.25) is 0 Å². The molecule has 0 aliphatic carbocycles. The Morgan fingerprint density at radius 3 is 2.67 bits per heavy atom. The molecule has 0 saturated heterocycles. The molecule has 0 fully saturated rings. The van der Waals surface area contributed by atoms with E-state index in [1.807, 2.05) is 19.9 Å². The summed E-state index contributed by atoms with van der Waals surface area (Å²) in [5, 5.41) is 4.25. The third-order valence-electron chi connectivity index (χ3n) is 2.49. The Kier molecular flexibility index (Phi) is 3.83. The fraction of sp³-hybridized carbons (Fsp3) is 0.500. The number of rotatable bonds is 5. The van der Waals surface area contributed by atoms with Crippen molar-refractivity contribution in [1.82, 2.24) is 9.78 Å². The predicted molar refractivity (Wildman–Crippen MR) is 61.0 cm³/mol. The van der Waals surface area contributed by atoms with E-state index >= 15 is 0 Å². The van der Waals surface area contributed by atoms with Crippen molar-refractivity contribution >= 4 is 5.78 Å². The van der Waals surface area contributed by atoms with E-state index < -0.39 is 0 Å². The van der Waals surface area contributed by atoms with Gasteiger partial charge >= 0.3 is 0 Å². The summed E-state index contributed by atoms with van der Waals surface area (Å²) in [5.74, 6) is 0.108. The zero-order valence-corrected chi connectivity index (χ0v) is 9.71. The van der Waals surface area contributed by atoms with E-state index in [1.165, 1.54) is 0 Å². The minimum atomic E-state index is 0.108. The van der Waals surface area contributed by atoms with Crippen molar-refractivity contribution in [2.75, 3.05) is 0 Å². The second-order valence-electron chi connectivity index (χ2n) is 3.70. The summed E-state index contributed by atoms with van der Waals surface area (Å²) >= 11 is 0. The van der Waals surface area contributed by atoms with Crippen LogP contribution in [0, 0.1) is 0 Å². The molecular weight excluding hydrogens is 188 g/mol. The van der Waals surface area contributed by atoms with Gasteiger partial charge in [-0.1, -0.05) is 26.0 Å². The van der Waals surface area contributed by atoms with Crippen LogP contribution in [0.4, 0.5) is 0 Å². The number of Topliss-reactive ketones (excluding diaryl/α,β-unsaturated/α-hetero) is 1. The highest BCUT2D eigenvalue weighted by molar-refractivity contribution is 5.96. The van der Waals surface area contributed by atoms with Crippen molar-refractivity contribution in [2.45, 2.75) is 33.1 Å². The van der Waals surface area contributed by atoms with Gasteiger partial charge in [-0.2, -0.15) is 5.10 Å². The zero-order chi connectivity index (χ0) is 11.4. The third-order valence-corrected chi connectivity index (χ3v) is 2.49. The molecule has 0 aliphatic rings. The smallest absolute Gasteiger partial charge is 0.184 e. The maximum atomic E-state index is 11.8. The monoisotopic (exact) mass is 206 g/mol. The van der Waals surface area contributed by atoms with Crippen LogP contribution in [-0.4, -0.2) is 15.6 Å². The molecule has 0 radical (unpaired) electrons. The maximum Gasteiger partial charge on any atom is 0.184 e. The summed E-state index contributed by atoms with van der Waals surface area (Å²) in [6.07, 6.45) is 2.14. The Morgan fingerprint density at radius 2 is 2.20 bits per heavy atom. The molecule has 0 bridgehead atoms. The van der Waals surface area contributed by atoms with Crippen molar-refractivity contribution < 1.29 is 4.79 Å². The Labute approximate surface area is 90.8 Å². The molecule has 0 N–H and O–H groups in total. The summed E-state index contributed by atoms with van der Waals surface area (Å²) in [5.41, 5.74) is 2.61. The van der Waals surface area contributed by atoms with E-state index in [1.54, 1.807) is 11.7 Å². The molecule has 3 nitrogen and oxygen atoms in total. The summed E-state index contributed by atoms with van der Waals surface area (Å²) < 4.78 is 1.66. The number of aromatic nitrogens is 2. The highest BCUT2D eigenvalue weighted by Crippen LogP contribution is 2.11. The average molecular weight is 206 g/mol. The zero-order valence-electron chi connectivity index (χ0n) is 9.71. The number of allylic oxidation sites excluding steroid dienone is 1. The minimum absolute atomic E-state index is 0.108. The number of ketones is 1. The number of carbonyl (C=O) groups is 1. The van der Waals surface area contributed by atoms with Gasteiger partial charge in [0.1, 0.15) is 5.69 Å². The molecule has 1 heterocycles. The van der Waals surface area contributed by atoms with Crippen LogP contribution in [0.25, 0.3) is 0 Å². The van der Waals surface area contributed by atoms with Gasteiger partial charge in [0.2, 0.25) is 0 Å². The first-order valence-electron chi connectivity index (χ1n) is 5.31. The highest BCUT2D eigenvalue weighted by atomic mass is 16.1. The van der Waals surface area contributed by atoms with E-state index in [4.69, 9.17) is 0 Å². The van der Waals surface area contributed by atoms with Crippen molar-refractivity contribution in [3.63, 3.8) is 0 Å². The first-order chi connectivity index (χ1) is 7.08. The fourth-order valence-corrected chi connectivity index (χ4v) is 1.40. The molecule has 3 heteroatoms. The molecule has 0 spiro atoms. The molecule has 0 saturated carbocycles. The van der Waals surface area contributed by atoms with Crippen molar-refractivity contribution in [3.8, 4) is 0 Å². The fourth-order valence-electron chi connectivity index (χ4n) is 1.40. The molecule has 0 amide bonds. The van der Waals surface area contributed by atoms with Gasteiger partial charge in [0.05, 0.1) is 5.69 Å². The average Bonchev–Trinajstić information content (AvgIpc) is 2.59. The molecule has 1 rings (SSSR count). The molecule has 1 aromatic heterocycles. The van der Waals surface area contributed by atoms with Crippen LogP contribution in [0.3, 0.4) is 0 Å². The van der Waals surface area contributed by atoms with Crippen molar-refractivity contribution in [3.05, 3.63) is 29.6 Å². The predicted octanol–water partition coefficient (Wildman–Crippen LogP) is 2.52. The first-order valence-corrected chi connectivity index (χ1v) is 5.31. The van der Waals surface area contributed by atoms with Gasteiger partial charge in [-0.3, -0.25) is 9.48 Å². The third kappa shape index (κ3) is 2.78. The van der Waals surface area contributed by atoms with E-state index in [0.29, 0.717) is 12.1 Å². The van der Waals surface area contributed by atoms with E-state index in [-0.39, 0.29) is 5.78 Å². The summed E-state index contributed by atoms with van der Waals surface area (Å²) in [4.78, 5) is 11.8. The van der Waals surface area contributed by atoms with Crippen LogP contribution < -0.4 is 0 Å². The summed E-state index contributed by atoms with van der Waals surface area (Å²) in [6.45, 7) is 7.88. The Hall–Kier alpha value is -1.38. The SMILES string of the molecule is C=C(CC)CC(=O)c1cc(CC)nn1C. The first kappa shape index (κ1) is 11.7. The molecule has 0 aliphatic heterocycles. The van der Waals surface area contributed by atoms with Crippen LogP contribution >= 0.6 is 0 Å². The number of hydrogen-bond acceptors (Lipinski definition) is 2. The van der Waals surface area contributed by atoms with Crippen LogP contribution in [-0.2, 0) is 13.5 Å². The van der Waals surface area contributed by atoms with Gasteiger partial charge in [-0.25, -0.2) is 0 Å². The van der Waals surface area contributed by atoms with Gasteiger partial charge in [0.15, 0.2) is 5.78 Å². The van der Waals surface area contributed by atoms with Gasteiger partial charge in [-0.05, 0) is 18.9 Å². The molecule has 15 heavy (non-hydrogen) atoms. The largest absolute Gasteiger partial charge is 0.292 e. The molecule has 82 valence electrons. The highest BCUT2D eigenvalue weighted by Gasteiger charge is 2.12. The van der Waals surface area contributed by atoms with Gasteiger partial charge < -0.3 is 0 Å². The number of hydrogen-bond donors (Lipinski definition) is 0. The minimum Gasteiger partial charge on any atom is -0.292 e. The lowest BCUT2D eigenvalue weighted by molar-refractivity contribution is 0.0983. The van der Waals surface area contributed by atoms with Crippen LogP contribution in [0.1, 0.15) is 42.9 Å². The van der Waals surface area contributed by atoms with Crippen LogP contribution in [0.15, 0.2) is 18.2 Å². The quantitative estimate of drug-likeness (QED) is 0.548. The second kappa shape index (κ2) is 4.91. The lowest BCUT2D eigenvalue weighted by Crippen LogP contribution is -2.07. The number of aryl methyl sites for hydroxylation is 2. The van der Waals surface area contributed by atoms with E-state index in [2.05, 4.69) is 11.7 Å². The standard InChI is InChI=1S/C12H18N2O/c1-5-9(3)7-12(15)11-8-10(6-2)13-14(11)4/h8H,3,5-7H2,1-2,4H3. The topological polar surface area (TPSA) is 34.9 Å². The van der Waals surface area contributed by atoms with Gasteiger partial charge in [-0.15, -0.1) is 0 Å². The molecular formula is C12H18N2O. The van der Waals surface area contributed by atoms with Crippen molar-refractivity contribution in [2.24, 2.45) is 7.05 Å². The molecule has 0 aromatic carbocycles. The Morgan fingerprint density at radius 1 is 1.53 bits per heavy atom. The number of nitrogens with zero attached hydrogens (tertiary/aromatic N) is 2. The van der Waals surface area contributed by atoms with Crippen molar-refractivity contribution in [1.29, 1.82) is 0 Å². The second-order valence-corrected chi connectivity index (χ2v) is 3.70. The summed E-state index contributed by atoms with van der Waals surface area (Å²) in [6, 6.07) is 1.87. The Balaban J connectivity index is 2.81. The number of carbonyl (C=O) groups excluding carboxylic acids is 1. The molecule has 0 atom stereocenters. The van der Waals surface area contributed by atoms with Gasteiger partial charge in [0.25, 0.3) is 0 Å². The van der Waals surface area contributed by atoms with Crippen LogP contribution in [0.5, 0.6) is 0 Å². The Bertz CT molecular complexity index is 377. The molecule has 1 aromatic rings. The lowest BCUT2D eigenvalue weighted by Gasteiger charge is -2.01. The maximum absolute atomic E-state index is 11.8. The van der Waals surface area contributed by atoms with E-state index in [0.717, 1.165) is 24.1 Å². The normalized spacial score (nSPS) is 10.3. The lowest BCUT2D eigenvalue weighted by atomic mass is 10.1. The van der Waals surface area contributed by atoms with Gasteiger partial charge in [0, 0.05) is 13.5 Å².